The zero-order valence-corrected chi connectivity index (χ0v) is 14.9. The first-order valence-corrected chi connectivity index (χ1v) is 8.66. The second kappa shape index (κ2) is 8.55. The fourth-order valence-electron chi connectivity index (χ4n) is 3.31. The van der Waals surface area contributed by atoms with Crippen LogP contribution in [0.25, 0.3) is 0 Å². The van der Waals surface area contributed by atoms with Crippen molar-refractivity contribution in [1.29, 1.82) is 0 Å². The van der Waals surface area contributed by atoms with Crippen molar-refractivity contribution in [3.63, 3.8) is 0 Å². The summed E-state index contributed by atoms with van der Waals surface area (Å²) in [6.07, 6.45) is 1.63. The SMILES string of the molecule is CCN(CCO)C[C@@H]1CN(C(=O)c2cnc(C)c(C)c2)C[C@@H]1CO. The minimum atomic E-state index is -0.0169. The highest BCUT2D eigenvalue weighted by Gasteiger charge is 2.35. The maximum absolute atomic E-state index is 12.7. The maximum atomic E-state index is 12.7. The van der Waals surface area contributed by atoms with Gasteiger partial charge in [0.1, 0.15) is 0 Å². The van der Waals surface area contributed by atoms with Crippen LogP contribution in [0.15, 0.2) is 12.3 Å². The number of rotatable bonds is 7. The molecule has 0 unspecified atom stereocenters. The number of pyridine rings is 1. The van der Waals surface area contributed by atoms with Gasteiger partial charge >= 0.3 is 0 Å². The third kappa shape index (κ3) is 4.32. The van der Waals surface area contributed by atoms with E-state index in [0.717, 1.165) is 24.3 Å². The van der Waals surface area contributed by atoms with Gasteiger partial charge in [0.25, 0.3) is 5.91 Å². The molecule has 2 atom stereocenters. The molecule has 0 bridgehead atoms. The van der Waals surface area contributed by atoms with E-state index in [0.29, 0.717) is 25.2 Å². The van der Waals surface area contributed by atoms with E-state index >= 15 is 0 Å². The molecule has 2 N–H and O–H groups in total. The molecular formula is C18H29N3O3. The van der Waals surface area contributed by atoms with Crippen LogP contribution in [-0.4, -0.2) is 76.8 Å². The highest BCUT2D eigenvalue weighted by Crippen LogP contribution is 2.26. The Morgan fingerprint density at radius 1 is 1.33 bits per heavy atom. The van der Waals surface area contributed by atoms with Gasteiger partial charge < -0.3 is 20.0 Å². The fraction of sp³-hybridized carbons (Fsp3) is 0.667. The minimum absolute atomic E-state index is 0.0169. The zero-order valence-electron chi connectivity index (χ0n) is 14.9. The van der Waals surface area contributed by atoms with Crippen LogP contribution in [0.1, 0.15) is 28.5 Å². The Bertz CT molecular complexity index is 564. The van der Waals surface area contributed by atoms with Gasteiger partial charge in [0, 0.05) is 50.6 Å². The van der Waals surface area contributed by atoms with E-state index in [9.17, 15) is 9.90 Å². The summed E-state index contributed by atoms with van der Waals surface area (Å²) in [5.74, 6) is 0.294. The van der Waals surface area contributed by atoms with Crippen LogP contribution in [-0.2, 0) is 0 Å². The number of aliphatic hydroxyl groups is 2. The number of likely N-dealkylation sites (tertiary alicyclic amines) is 1. The molecule has 1 amide bonds. The smallest absolute Gasteiger partial charge is 0.255 e. The van der Waals surface area contributed by atoms with Crippen LogP contribution in [0.4, 0.5) is 0 Å². The van der Waals surface area contributed by atoms with Crippen molar-refractivity contribution < 1.29 is 15.0 Å². The number of aryl methyl sites for hydroxylation is 2. The van der Waals surface area contributed by atoms with E-state index in [2.05, 4.69) is 16.8 Å². The van der Waals surface area contributed by atoms with E-state index in [4.69, 9.17) is 5.11 Å². The van der Waals surface area contributed by atoms with Gasteiger partial charge in [-0.3, -0.25) is 9.78 Å². The molecule has 1 aromatic heterocycles. The topological polar surface area (TPSA) is 76.9 Å². The third-order valence-electron chi connectivity index (χ3n) is 5.04. The van der Waals surface area contributed by atoms with Gasteiger partial charge in [-0.2, -0.15) is 0 Å². The largest absolute Gasteiger partial charge is 0.396 e. The monoisotopic (exact) mass is 335 g/mol. The van der Waals surface area contributed by atoms with Gasteiger partial charge in [-0.15, -0.1) is 0 Å². The number of hydrogen-bond acceptors (Lipinski definition) is 5. The zero-order chi connectivity index (χ0) is 17.7. The number of likely N-dealkylation sites (N-methyl/N-ethyl adjacent to an activating group) is 1. The highest BCUT2D eigenvalue weighted by molar-refractivity contribution is 5.94. The van der Waals surface area contributed by atoms with Crippen molar-refractivity contribution >= 4 is 5.91 Å². The third-order valence-corrected chi connectivity index (χ3v) is 5.04. The minimum Gasteiger partial charge on any atom is -0.396 e. The summed E-state index contributed by atoms with van der Waals surface area (Å²) in [5, 5.41) is 18.8. The number of carbonyl (C=O) groups excluding carboxylic acids is 1. The molecular weight excluding hydrogens is 306 g/mol. The maximum Gasteiger partial charge on any atom is 0.255 e. The Balaban J connectivity index is 2.06. The quantitative estimate of drug-likeness (QED) is 0.767. The molecule has 0 spiro atoms. The summed E-state index contributed by atoms with van der Waals surface area (Å²) in [5.41, 5.74) is 2.55. The average molecular weight is 335 g/mol. The molecule has 24 heavy (non-hydrogen) atoms. The molecule has 2 rings (SSSR count). The van der Waals surface area contributed by atoms with Crippen LogP contribution in [0.2, 0.25) is 0 Å². The average Bonchev–Trinajstić information content (AvgIpc) is 2.99. The Morgan fingerprint density at radius 3 is 2.62 bits per heavy atom. The number of hydrogen-bond donors (Lipinski definition) is 2. The molecule has 1 fully saturated rings. The predicted octanol–water partition coefficient (Wildman–Crippen LogP) is 0.693. The van der Waals surface area contributed by atoms with Gasteiger partial charge in [-0.05, 0) is 37.9 Å². The first-order valence-electron chi connectivity index (χ1n) is 8.66. The number of aliphatic hydroxyl groups excluding tert-OH is 2. The summed E-state index contributed by atoms with van der Waals surface area (Å²) < 4.78 is 0. The standard InChI is InChI=1S/C18H29N3O3/c1-4-20(5-6-22)9-16-10-21(11-17(16)12-23)18(24)15-7-13(2)14(3)19-8-15/h7-8,16-17,22-23H,4-6,9-12H2,1-3H3/t16-,17-/m1/s1. The lowest BCUT2D eigenvalue weighted by Crippen LogP contribution is -2.36. The Morgan fingerprint density at radius 2 is 2.04 bits per heavy atom. The fourth-order valence-corrected chi connectivity index (χ4v) is 3.31. The first kappa shape index (κ1) is 18.8. The number of carbonyl (C=O) groups is 1. The lowest BCUT2D eigenvalue weighted by Gasteiger charge is -2.25. The summed E-state index contributed by atoms with van der Waals surface area (Å²) in [6.45, 7) is 9.62. The van der Waals surface area contributed by atoms with Gasteiger partial charge in [0.05, 0.1) is 12.2 Å². The second-order valence-corrected chi connectivity index (χ2v) is 6.66. The number of amides is 1. The van der Waals surface area contributed by atoms with Crippen molar-refractivity contribution in [2.45, 2.75) is 20.8 Å². The molecule has 0 aliphatic carbocycles. The van der Waals surface area contributed by atoms with Crippen molar-refractivity contribution in [2.75, 3.05) is 45.9 Å². The van der Waals surface area contributed by atoms with Crippen molar-refractivity contribution in [2.24, 2.45) is 11.8 Å². The molecule has 1 aliphatic rings. The van der Waals surface area contributed by atoms with E-state index < -0.39 is 0 Å². The highest BCUT2D eigenvalue weighted by atomic mass is 16.3. The molecule has 1 saturated heterocycles. The normalized spacial score (nSPS) is 20.8. The van der Waals surface area contributed by atoms with Gasteiger partial charge in [-0.25, -0.2) is 0 Å². The number of aromatic nitrogens is 1. The summed E-state index contributed by atoms with van der Waals surface area (Å²) in [4.78, 5) is 21.0. The summed E-state index contributed by atoms with van der Waals surface area (Å²) >= 11 is 0. The summed E-state index contributed by atoms with van der Waals surface area (Å²) in [6, 6.07) is 1.88. The van der Waals surface area contributed by atoms with Crippen molar-refractivity contribution in [3.8, 4) is 0 Å². The molecule has 0 radical (unpaired) electrons. The molecule has 0 aromatic carbocycles. The van der Waals surface area contributed by atoms with Crippen LogP contribution in [0.3, 0.4) is 0 Å². The van der Waals surface area contributed by atoms with Crippen molar-refractivity contribution in [3.05, 3.63) is 29.1 Å². The molecule has 2 heterocycles. The summed E-state index contributed by atoms with van der Waals surface area (Å²) in [7, 11) is 0. The van der Waals surface area contributed by atoms with Gasteiger partial charge in [-0.1, -0.05) is 6.92 Å². The molecule has 0 saturated carbocycles. The first-order chi connectivity index (χ1) is 11.5. The second-order valence-electron chi connectivity index (χ2n) is 6.66. The lowest BCUT2D eigenvalue weighted by atomic mass is 9.96. The Kier molecular flexibility index (Phi) is 6.71. The van der Waals surface area contributed by atoms with Crippen molar-refractivity contribution in [1.82, 2.24) is 14.8 Å². The molecule has 1 aromatic rings. The molecule has 6 nitrogen and oxygen atoms in total. The lowest BCUT2D eigenvalue weighted by molar-refractivity contribution is 0.0778. The van der Waals surface area contributed by atoms with E-state index in [-0.39, 0.29) is 31.0 Å². The van der Waals surface area contributed by atoms with Crippen LogP contribution in [0.5, 0.6) is 0 Å². The van der Waals surface area contributed by atoms with Crippen LogP contribution in [0, 0.1) is 25.7 Å². The number of nitrogens with zero attached hydrogens (tertiary/aromatic N) is 3. The molecule has 1 aliphatic heterocycles. The van der Waals surface area contributed by atoms with Gasteiger partial charge in [0.2, 0.25) is 0 Å². The Labute approximate surface area is 144 Å². The Hall–Kier alpha value is -1.50. The van der Waals surface area contributed by atoms with E-state index in [1.165, 1.54) is 0 Å². The molecule has 134 valence electrons. The van der Waals surface area contributed by atoms with Crippen LogP contribution >= 0.6 is 0 Å². The van der Waals surface area contributed by atoms with Gasteiger partial charge in [0.15, 0.2) is 0 Å². The predicted molar refractivity (Wildman–Crippen MR) is 92.9 cm³/mol. The molecule has 6 heteroatoms. The van der Waals surface area contributed by atoms with E-state index in [1.54, 1.807) is 6.20 Å². The van der Waals surface area contributed by atoms with Crippen LogP contribution < -0.4 is 0 Å². The van der Waals surface area contributed by atoms with E-state index in [1.807, 2.05) is 24.8 Å².